The molecule has 0 aromatic carbocycles. The van der Waals surface area contributed by atoms with Gasteiger partial charge in [-0.15, -0.1) is 6.58 Å². The Balaban J connectivity index is 2.29. The van der Waals surface area contributed by atoms with E-state index in [1.807, 2.05) is 26.8 Å². The smallest absolute Gasteiger partial charge is 0.325 e. The molecule has 3 heteroatoms. The molecule has 1 aliphatic rings. The van der Waals surface area contributed by atoms with Crippen molar-refractivity contribution in [2.24, 2.45) is 0 Å². The summed E-state index contributed by atoms with van der Waals surface area (Å²) in [6.45, 7) is 9.55. The average molecular weight is 211 g/mol. The molecular weight excluding hydrogens is 190 g/mol. The van der Waals surface area contributed by atoms with Crippen LogP contribution in [0.4, 0.5) is 0 Å². The molecule has 1 aliphatic heterocycles. The molecule has 0 amide bonds. The van der Waals surface area contributed by atoms with E-state index in [2.05, 4.69) is 11.9 Å². The van der Waals surface area contributed by atoms with E-state index in [0.717, 1.165) is 19.3 Å². The Kier molecular flexibility index (Phi) is 3.91. The lowest BCUT2D eigenvalue weighted by Gasteiger charge is -2.23. The number of rotatable bonds is 6. The molecule has 0 bridgehead atoms. The zero-order chi connectivity index (χ0) is 11.5. The van der Waals surface area contributed by atoms with Crippen molar-refractivity contribution in [1.82, 2.24) is 5.32 Å². The highest BCUT2D eigenvalue weighted by Gasteiger charge is 2.44. The maximum absolute atomic E-state index is 11.6. The SMILES string of the molecule is C=CCCC1NC1C(=O)OC(C)(C)CC. The summed E-state index contributed by atoms with van der Waals surface area (Å²) < 4.78 is 5.39. The van der Waals surface area contributed by atoms with Gasteiger partial charge in [-0.2, -0.15) is 0 Å². The molecule has 1 saturated heterocycles. The number of hydrogen-bond donors (Lipinski definition) is 1. The van der Waals surface area contributed by atoms with Crippen LogP contribution in [-0.4, -0.2) is 23.7 Å². The zero-order valence-corrected chi connectivity index (χ0v) is 9.88. The van der Waals surface area contributed by atoms with Gasteiger partial charge in [-0.05, 0) is 33.1 Å². The van der Waals surface area contributed by atoms with E-state index in [4.69, 9.17) is 4.74 Å². The van der Waals surface area contributed by atoms with Crippen LogP contribution in [0.1, 0.15) is 40.0 Å². The Morgan fingerprint density at radius 1 is 1.60 bits per heavy atom. The van der Waals surface area contributed by atoms with Gasteiger partial charge in [-0.25, -0.2) is 0 Å². The largest absolute Gasteiger partial charge is 0.458 e. The fraction of sp³-hybridized carbons (Fsp3) is 0.750. The lowest BCUT2D eigenvalue weighted by molar-refractivity contribution is -0.156. The van der Waals surface area contributed by atoms with Crippen LogP contribution in [0.2, 0.25) is 0 Å². The third-order valence-electron chi connectivity index (χ3n) is 2.85. The molecule has 0 saturated carbocycles. The van der Waals surface area contributed by atoms with E-state index < -0.39 is 0 Å². The minimum Gasteiger partial charge on any atom is -0.458 e. The molecule has 1 heterocycles. The summed E-state index contributed by atoms with van der Waals surface area (Å²) in [7, 11) is 0. The number of carbonyl (C=O) groups is 1. The quantitative estimate of drug-likeness (QED) is 0.415. The van der Waals surface area contributed by atoms with Crippen molar-refractivity contribution >= 4 is 5.97 Å². The van der Waals surface area contributed by atoms with Gasteiger partial charge in [-0.3, -0.25) is 10.1 Å². The summed E-state index contributed by atoms with van der Waals surface area (Å²) in [6.07, 6.45) is 4.62. The molecule has 86 valence electrons. The zero-order valence-electron chi connectivity index (χ0n) is 9.88. The highest BCUT2D eigenvalue weighted by Crippen LogP contribution is 2.22. The number of nitrogens with one attached hydrogen (secondary N) is 1. The summed E-state index contributed by atoms with van der Waals surface area (Å²) in [6, 6.07) is 0.207. The van der Waals surface area contributed by atoms with Crippen LogP contribution in [0, 0.1) is 0 Å². The first-order valence-corrected chi connectivity index (χ1v) is 5.60. The number of carbonyl (C=O) groups excluding carboxylic acids is 1. The van der Waals surface area contributed by atoms with Gasteiger partial charge in [0.2, 0.25) is 0 Å². The van der Waals surface area contributed by atoms with E-state index in [1.54, 1.807) is 0 Å². The second-order valence-corrected chi connectivity index (χ2v) is 4.65. The number of esters is 1. The molecule has 15 heavy (non-hydrogen) atoms. The fourth-order valence-electron chi connectivity index (χ4n) is 1.36. The van der Waals surface area contributed by atoms with Gasteiger partial charge >= 0.3 is 5.97 Å². The molecule has 0 radical (unpaired) electrons. The molecule has 3 nitrogen and oxygen atoms in total. The van der Waals surface area contributed by atoms with E-state index in [-0.39, 0.29) is 17.6 Å². The molecule has 1 rings (SSSR count). The maximum Gasteiger partial charge on any atom is 0.325 e. The predicted octanol–water partition coefficient (Wildman–Crippen LogP) is 2.02. The molecule has 1 N–H and O–H groups in total. The molecule has 0 aromatic heterocycles. The Bertz CT molecular complexity index is 248. The number of allylic oxidation sites excluding steroid dienone is 1. The second kappa shape index (κ2) is 4.79. The molecule has 2 atom stereocenters. The number of ether oxygens (including phenoxy) is 1. The molecule has 0 aliphatic carbocycles. The lowest BCUT2D eigenvalue weighted by Crippen LogP contribution is -2.30. The van der Waals surface area contributed by atoms with Gasteiger partial charge in [0.25, 0.3) is 0 Å². The van der Waals surface area contributed by atoms with Crippen LogP contribution in [0.15, 0.2) is 12.7 Å². The van der Waals surface area contributed by atoms with E-state index >= 15 is 0 Å². The first-order valence-electron chi connectivity index (χ1n) is 5.60. The summed E-state index contributed by atoms with van der Waals surface area (Å²) in [5, 5.41) is 3.13. The van der Waals surface area contributed by atoms with Crippen molar-refractivity contribution < 1.29 is 9.53 Å². The van der Waals surface area contributed by atoms with Gasteiger partial charge in [0.15, 0.2) is 0 Å². The van der Waals surface area contributed by atoms with Crippen LogP contribution in [-0.2, 0) is 9.53 Å². The van der Waals surface area contributed by atoms with E-state index in [1.165, 1.54) is 0 Å². The van der Waals surface area contributed by atoms with Crippen molar-refractivity contribution in [2.45, 2.75) is 57.7 Å². The van der Waals surface area contributed by atoms with Crippen LogP contribution in [0.3, 0.4) is 0 Å². The summed E-state index contributed by atoms with van der Waals surface area (Å²) in [5.74, 6) is -0.115. The van der Waals surface area contributed by atoms with E-state index in [9.17, 15) is 4.79 Å². The standard InChI is InChI=1S/C12H21NO2/c1-5-7-8-9-10(13-9)11(14)15-12(3,4)6-2/h5,9-10,13H,1,6-8H2,2-4H3. The third kappa shape index (κ3) is 3.67. The van der Waals surface area contributed by atoms with Gasteiger partial charge in [-0.1, -0.05) is 13.0 Å². The topological polar surface area (TPSA) is 48.2 Å². The van der Waals surface area contributed by atoms with Crippen molar-refractivity contribution in [3.05, 3.63) is 12.7 Å². The van der Waals surface area contributed by atoms with Crippen molar-refractivity contribution in [3.63, 3.8) is 0 Å². The summed E-state index contributed by atoms with van der Waals surface area (Å²) in [5.41, 5.74) is -0.343. The number of hydrogen-bond acceptors (Lipinski definition) is 3. The molecule has 2 unspecified atom stereocenters. The Morgan fingerprint density at radius 3 is 2.80 bits per heavy atom. The predicted molar refractivity (Wildman–Crippen MR) is 60.6 cm³/mol. The molecule has 0 spiro atoms. The minimum absolute atomic E-state index is 0.0872. The van der Waals surface area contributed by atoms with Gasteiger partial charge in [0, 0.05) is 6.04 Å². The highest BCUT2D eigenvalue weighted by atomic mass is 16.6. The van der Waals surface area contributed by atoms with E-state index in [0.29, 0.717) is 6.04 Å². The Labute approximate surface area is 91.9 Å². The first-order chi connectivity index (χ1) is 7.00. The summed E-state index contributed by atoms with van der Waals surface area (Å²) in [4.78, 5) is 11.6. The Hall–Kier alpha value is -0.830. The van der Waals surface area contributed by atoms with Crippen LogP contribution in [0.25, 0.3) is 0 Å². The monoisotopic (exact) mass is 211 g/mol. The fourth-order valence-corrected chi connectivity index (χ4v) is 1.36. The van der Waals surface area contributed by atoms with Crippen molar-refractivity contribution in [3.8, 4) is 0 Å². The lowest BCUT2D eigenvalue weighted by atomic mass is 10.1. The third-order valence-corrected chi connectivity index (χ3v) is 2.85. The van der Waals surface area contributed by atoms with Gasteiger partial charge in [0.05, 0.1) is 0 Å². The maximum atomic E-state index is 11.6. The molecule has 1 fully saturated rings. The highest BCUT2D eigenvalue weighted by molar-refractivity contribution is 5.80. The second-order valence-electron chi connectivity index (χ2n) is 4.65. The van der Waals surface area contributed by atoms with Gasteiger partial charge in [0.1, 0.15) is 11.6 Å². The Morgan fingerprint density at radius 2 is 2.27 bits per heavy atom. The first kappa shape index (κ1) is 12.2. The minimum atomic E-state index is -0.343. The van der Waals surface area contributed by atoms with Crippen LogP contribution in [0.5, 0.6) is 0 Å². The molecular formula is C12H21NO2. The van der Waals surface area contributed by atoms with Crippen LogP contribution >= 0.6 is 0 Å². The molecule has 0 aromatic rings. The van der Waals surface area contributed by atoms with Crippen LogP contribution < -0.4 is 5.32 Å². The summed E-state index contributed by atoms with van der Waals surface area (Å²) >= 11 is 0. The van der Waals surface area contributed by atoms with Gasteiger partial charge < -0.3 is 4.74 Å². The van der Waals surface area contributed by atoms with Crippen molar-refractivity contribution in [1.29, 1.82) is 0 Å². The van der Waals surface area contributed by atoms with Crippen molar-refractivity contribution in [2.75, 3.05) is 0 Å². The average Bonchev–Trinajstić information content (AvgIpc) is 2.93. The normalized spacial score (nSPS) is 24.7.